The summed E-state index contributed by atoms with van der Waals surface area (Å²) in [5, 5.41) is 6.71. The molecule has 1 unspecified atom stereocenters. The Labute approximate surface area is 143 Å². The summed E-state index contributed by atoms with van der Waals surface area (Å²) in [7, 11) is 0. The molecule has 0 aliphatic heterocycles. The van der Waals surface area contributed by atoms with E-state index in [2.05, 4.69) is 58.7 Å². The number of benzene rings is 2. The predicted molar refractivity (Wildman–Crippen MR) is 99.7 cm³/mol. The molecule has 0 spiro atoms. The fourth-order valence-corrected chi connectivity index (χ4v) is 2.50. The smallest absolute Gasteiger partial charge is 0.225 e. The quantitative estimate of drug-likeness (QED) is 0.694. The SMILES string of the molecule is Cc1ccc(Nc2cc(C)nc(NC(C)c3ccccc3)n2)cc1. The fraction of sp³-hybridized carbons (Fsp3) is 0.200. The Morgan fingerprint density at radius 1 is 0.875 bits per heavy atom. The highest BCUT2D eigenvalue weighted by molar-refractivity contribution is 5.58. The first-order valence-corrected chi connectivity index (χ1v) is 8.11. The van der Waals surface area contributed by atoms with E-state index in [1.54, 1.807) is 0 Å². The molecule has 0 bridgehead atoms. The number of aryl methyl sites for hydroxylation is 2. The molecule has 0 aliphatic rings. The number of anilines is 3. The first kappa shape index (κ1) is 16.0. The van der Waals surface area contributed by atoms with Crippen LogP contribution in [0.5, 0.6) is 0 Å². The summed E-state index contributed by atoms with van der Waals surface area (Å²) < 4.78 is 0. The lowest BCUT2D eigenvalue weighted by molar-refractivity contribution is 0.858. The lowest BCUT2D eigenvalue weighted by atomic mass is 10.1. The van der Waals surface area contributed by atoms with Crippen LogP contribution in [0.4, 0.5) is 17.5 Å². The maximum atomic E-state index is 4.58. The first-order chi connectivity index (χ1) is 11.6. The second-order valence-electron chi connectivity index (χ2n) is 5.99. The molecule has 24 heavy (non-hydrogen) atoms. The monoisotopic (exact) mass is 318 g/mol. The van der Waals surface area contributed by atoms with Crippen molar-refractivity contribution in [3.05, 3.63) is 77.5 Å². The van der Waals surface area contributed by atoms with Crippen molar-refractivity contribution in [3.8, 4) is 0 Å². The van der Waals surface area contributed by atoms with E-state index in [4.69, 9.17) is 0 Å². The Hall–Kier alpha value is -2.88. The summed E-state index contributed by atoms with van der Waals surface area (Å²) in [6, 6.07) is 20.6. The summed E-state index contributed by atoms with van der Waals surface area (Å²) in [6.45, 7) is 6.15. The molecule has 3 aromatic rings. The molecule has 1 aromatic heterocycles. The molecule has 4 nitrogen and oxygen atoms in total. The van der Waals surface area contributed by atoms with Gasteiger partial charge in [-0.1, -0.05) is 48.0 Å². The van der Waals surface area contributed by atoms with Crippen molar-refractivity contribution in [2.75, 3.05) is 10.6 Å². The first-order valence-electron chi connectivity index (χ1n) is 8.11. The molecule has 1 heterocycles. The second-order valence-corrected chi connectivity index (χ2v) is 5.99. The third kappa shape index (κ3) is 4.10. The van der Waals surface area contributed by atoms with Crippen LogP contribution in [0, 0.1) is 13.8 Å². The highest BCUT2D eigenvalue weighted by atomic mass is 15.2. The highest BCUT2D eigenvalue weighted by Crippen LogP contribution is 2.20. The lowest BCUT2D eigenvalue weighted by Gasteiger charge is -2.15. The van der Waals surface area contributed by atoms with Crippen LogP contribution >= 0.6 is 0 Å². The van der Waals surface area contributed by atoms with Crippen molar-refractivity contribution in [3.63, 3.8) is 0 Å². The number of rotatable bonds is 5. The zero-order valence-electron chi connectivity index (χ0n) is 14.2. The standard InChI is InChI=1S/C20H22N4/c1-14-9-11-18(12-10-14)23-19-13-15(2)21-20(24-19)22-16(3)17-7-5-4-6-8-17/h4-13,16H,1-3H3,(H2,21,22,23,24). The Balaban J connectivity index is 1.77. The molecule has 0 aliphatic carbocycles. The van der Waals surface area contributed by atoms with E-state index in [0.717, 1.165) is 17.2 Å². The van der Waals surface area contributed by atoms with E-state index in [1.807, 2.05) is 43.3 Å². The average molecular weight is 318 g/mol. The van der Waals surface area contributed by atoms with Crippen molar-refractivity contribution >= 4 is 17.5 Å². The molecule has 2 N–H and O–H groups in total. The van der Waals surface area contributed by atoms with Gasteiger partial charge in [0.05, 0.1) is 6.04 Å². The predicted octanol–water partition coefficient (Wildman–Crippen LogP) is 5.01. The van der Waals surface area contributed by atoms with Crippen LogP contribution in [-0.4, -0.2) is 9.97 Å². The van der Waals surface area contributed by atoms with E-state index in [0.29, 0.717) is 5.95 Å². The maximum Gasteiger partial charge on any atom is 0.225 e. The minimum Gasteiger partial charge on any atom is -0.348 e. The summed E-state index contributed by atoms with van der Waals surface area (Å²) >= 11 is 0. The van der Waals surface area contributed by atoms with Crippen LogP contribution in [0.3, 0.4) is 0 Å². The number of hydrogen-bond donors (Lipinski definition) is 2. The topological polar surface area (TPSA) is 49.8 Å². The van der Waals surface area contributed by atoms with Gasteiger partial charge in [0.25, 0.3) is 0 Å². The Morgan fingerprint density at radius 3 is 2.29 bits per heavy atom. The van der Waals surface area contributed by atoms with Gasteiger partial charge in [0.1, 0.15) is 5.82 Å². The van der Waals surface area contributed by atoms with Gasteiger partial charge in [0, 0.05) is 17.4 Å². The molecule has 3 rings (SSSR count). The molecular weight excluding hydrogens is 296 g/mol. The van der Waals surface area contributed by atoms with Crippen LogP contribution in [0.1, 0.15) is 29.8 Å². The van der Waals surface area contributed by atoms with Crippen LogP contribution in [-0.2, 0) is 0 Å². The Bertz CT molecular complexity index is 798. The molecule has 0 saturated heterocycles. The average Bonchev–Trinajstić information content (AvgIpc) is 2.57. The van der Waals surface area contributed by atoms with Crippen LogP contribution < -0.4 is 10.6 Å². The number of aromatic nitrogens is 2. The Morgan fingerprint density at radius 2 is 1.58 bits per heavy atom. The molecule has 2 aromatic carbocycles. The van der Waals surface area contributed by atoms with Crippen molar-refractivity contribution in [1.82, 2.24) is 9.97 Å². The van der Waals surface area contributed by atoms with Crippen LogP contribution in [0.2, 0.25) is 0 Å². The van der Waals surface area contributed by atoms with Crippen molar-refractivity contribution in [2.24, 2.45) is 0 Å². The molecule has 1 atom stereocenters. The van der Waals surface area contributed by atoms with Crippen molar-refractivity contribution in [1.29, 1.82) is 0 Å². The van der Waals surface area contributed by atoms with E-state index >= 15 is 0 Å². The number of hydrogen-bond acceptors (Lipinski definition) is 4. The zero-order valence-corrected chi connectivity index (χ0v) is 14.2. The third-order valence-corrected chi connectivity index (χ3v) is 3.82. The summed E-state index contributed by atoms with van der Waals surface area (Å²) in [6.07, 6.45) is 0. The normalized spacial score (nSPS) is 11.8. The van der Waals surface area contributed by atoms with Gasteiger partial charge in [-0.25, -0.2) is 4.98 Å². The largest absolute Gasteiger partial charge is 0.348 e. The van der Waals surface area contributed by atoms with E-state index in [9.17, 15) is 0 Å². The van der Waals surface area contributed by atoms with E-state index in [-0.39, 0.29) is 6.04 Å². The van der Waals surface area contributed by atoms with Gasteiger partial charge >= 0.3 is 0 Å². The lowest BCUT2D eigenvalue weighted by Crippen LogP contribution is -2.10. The Kier molecular flexibility index (Phi) is 4.75. The minimum absolute atomic E-state index is 0.139. The second kappa shape index (κ2) is 7.13. The van der Waals surface area contributed by atoms with Crippen molar-refractivity contribution < 1.29 is 0 Å². The summed E-state index contributed by atoms with van der Waals surface area (Å²) in [5.74, 6) is 1.41. The van der Waals surface area contributed by atoms with Gasteiger partial charge < -0.3 is 10.6 Å². The van der Waals surface area contributed by atoms with Gasteiger partial charge in [0.15, 0.2) is 0 Å². The molecule has 0 saturated carbocycles. The summed E-state index contributed by atoms with van der Waals surface area (Å²) in [5.41, 5.74) is 4.37. The number of nitrogens with zero attached hydrogens (tertiary/aromatic N) is 2. The fourth-order valence-electron chi connectivity index (χ4n) is 2.50. The zero-order chi connectivity index (χ0) is 16.9. The van der Waals surface area contributed by atoms with Gasteiger partial charge in [-0.05, 0) is 38.5 Å². The van der Waals surface area contributed by atoms with Gasteiger partial charge in [-0.3, -0.25) is 0 Å². The van der Waals surface area contributed by atoms with Gasteiger partial charge in [-0.2, -0.15) is 4.98 Å². The highest BCUT2D eigenvalue weighted by Gasteiger charge is 2.08. The van der Waals surface area contributed by atoms with Gasteiger partial charge in [0.2, 0.25) is 5.95 Å². The van der Waals surface area contributed by atoms with Crippen LogP contribution in [0.25, 0.3) is 0 Å². The van der Waals surface area contributed by atoms with Gasteiger partial charge in [-0.15, -0.1) is 0 Å². The van der Waals surface area contributed by atoms with E-state index < -0.39 is 0 Å². The molecule has 0 radical (unpaired) electrons. The molecule has 4 heteroatoms. The van der Waals surface area contributed by atoms with Crippen LogP contribution in [0.15, 0.2) is 60.7 Å². The molecular formula is C20H22N4. The third-order valence-electron chi connectivity index (χ3n) is 3.82. The van der Waals surface area contributed by atoms with E-state index in [1.165, 1.54) is 11.1 Å². The molecule has 0 fully saturated rings. The summed E-state index contributed by atoms with van der Waals surface area (Å²) in [4.78, 5) is 9.08. The minimum atomic E-state index is 0.139. The molecule has 122 valence electrons. The maximum absolute atomic E-state index is 4.58. The number of nitrogens with one attached hydrogen (secondary N) is 2. The molecule has 0 amide bonds. The van der Waals surface area contributed by atoms with Crippen molar-refractivity contribution in [2.45, 2.75) is 26.8 Å².